The Kier molecular flexibility index (Phi) is 3.60. The highest BCUT2D eigenvalue weighted by atomic mass is 16.5. The number of imidazole rings is 1. The van der Waals surface area contributed by atoms with Gasteiger partial charge in [0.1, 0.15) is 0 Å². The number of hydrogen-bond donors (Lipinski definition) is 2. The lowest BCUT2D eigenvalue weighted by Crippen LogP contribution is -2.52. The van der Waals surface area contributed by atoms with Crippen molar-refractivity contribution in [3.8, 4) is 0 Å². The average Bonchev–Trinajstić information content (AvgIpc) is 2.86. The molecule has 0 aliphatic carbocycles. The third-order valence-corrected chi connectivity index (χ3v) is 4.52. The molecule has 5 heteroatoms. The molecule has 1 aromatic rings. The number of aromatic amines is 1. The topological polar surface area (TPSA) is 53.2 Å². The molecular weight excluding hydrogens is 240 g/mol. The summed E-state index contributed by atoms with van der Waals surface area (Å²) >= 11 is 0. The Balaban J connectivity index is 1.57. The molecule has 19 heavy (non-hydrogen) atoms. The van der Waals surface area contributed by atoms with Crippen LogP contribution in [0.5, 0.6) is 0 Å². The number of rotatable bonds is 3. The molecular formula is C14H24N4O. The van der Waals surface area contributed by atoms with Crippen LogP contribution in [-0.4, -0.2) is 53.3 Å². The molecule has 106 valence electrons. The van der Waals surface area contributed by atoms with Crippen molar-refractivity contribution >= 4 is 0 Å². The maximum absolute atomic E-state index is 5.66. The molecule has 0 bridgehead atoms. The van der Waals surface area contributed by atoms with Gasteiger partial charge in [0.25, 0.3) is 0 Å². The number of nitrogens with zero attached hydrogens (tertiary/aromatic N) is 2. The van der Waals surface area contributed by atoms with Gasteiger partial charge in [-0.05, 0) is 26.3 Å². The van der Waals surface area contributed by atoms with E-state index in [1.807, 2.05) is 7.11 Å². The van der Waals surface area contributed by atoms with Crippen molar-refractivity contribution in [3.05, 3.63) is 17.7 Å². The summed E-state index contributed by atoms with van der Waals surface area (Å²) in [5.74, 6) is 0. The van der Waals surface area contributed by atoms with Crippen LogP contribution in [0, 0.1) is 0 Å². The van der Waals surface area contributed by atoms with E-state index in [1.54, 1.807) is 6.33 Å². The number of piperidine rings is 1. The SMILES string of the molecule is COC1(C)CCCN(CC2Cc3nc[nH]c3CN2)C1. The number of hydrogen-bond acceptors (Lipinski definition) is 4. The maximum atomic E-state index is 5.66. The van der Waals surface area contributed by atoms with Crippen molar-refractivity contribution in [2.45, 2.75) is 44.4 Å². The Labute approximate surface area is 114 Å². The summed E-state index contributed by atoms with van der Waals surface area (Å²) < 4.78 is 5.66. The number of methoxy groups -OCH3 is 1. The number of aromatic nitrogens is 2. The molecule has 2 atom stereocenters. The molecule has 3 rings (SSSR count). The second-order valence-corrected chi connectivity index (χ2v) is 6.10. The van der Waals surface area contributed by atoms with Gasteiger partial charge in [0.15, 0.2) is 0 Å². The molecule has 0 spiro atoms. The van der Waals surface area contributed by atoms with E-state index in [9.17, 15) is 0 Å². The smallest absolute Gasteiger partial charge is 0.0925 e. The van der Waals surface area contributed by atoms with E-state index < -0.39 is 0 Å². The molecule has 1 fully saturated rings. The quantitative estimate of drug-likeness (QED) is 0.852. The second-order valence-electron chi connectivity index (χ2n) is 6.10. The van der Waals surface area contributed by atoms with Gasteiger partial charge in [-0.3, -0.25) is 4.90 Å². The third-order valence-electron chi connectivity index (χ3n) is 4.52. The Morgan fingerprint density at radius 1 is 1.58 bits per heavy atom. The predicted octanol–water partition coefficient (Wildman–Crippen LogP) is 0.925. The Morgan fingerprint density at radius 2 is 2.47 bits per heavy atom. The fraction of sp³-hybridized carbons (Fsp3) is 0.786. The normalized spacial score (nSPS) is 32.2. The monoisotopic (exact) mass is 264 g/mol. The lowest BCUT2D eigenvalue weighted by atomic mass is 9.94. The number of likely N-dealkylation sites (tertiary alicyclic amines) is 1. The molecule has 1 saturated heterocycles. The van der Waals surface area contributed by atoms with Crippen LogP contribution in [0.2, 0.25) is 0 Å². The summed E-state index contributed by atoms with van der Waals surface area (Å²) in [7, 11) is 1.83. The zero-order valence-electron chi connectivity index (χ0n) is 11.9. The number of H-pyrrole nitrogens is 1. The van der Waals surface area contributed by atoms with Crippen molar-refractivity contribution in [2.24, 2.45) is 0 Å². The highest BCUT2D eigenvalue weighted by Crippen LogP contribution is 2.24. The standard InChI is InChI=1S/C14H24N4O/c1-14(19-2)4-3-5-18(9-14)8-11-6-12-13(7-15-11)17-10-16-12/h10-11,15H,3-9H2,1-2H3,(H,16,17). The van der Waals surface area contributed by atoms with Gasteiger partial charge >= 0.3 is 0 Å². The van der Waals surface area contributed by atoms with Gasteiger partial charge in [-0.1, -0.05) is 0 Å². The van der Waals surface area contributed by atoms with Crippen LogP contribution in [0.15, 0.2) is 6.33 Å². The number of ether oxygens (including phenoxy) is 1. The predicted molar refractivity (Wildman–Crippen MR) is 74.0 cm³/mol. The van der Waals surface area contributed by atoms with Gasteiger partial charge in [0.05, 0.1) is 23.3 Å². The summed E-state index contributed by atoms with van der Waals surface area (Å²) in [6, 6.07) is 0.509. The first-order valence-corrected chi connectivity index (χ1v) is 7.20. The zero-order valence-corrected chi connectivity index (χ0v) is 11.9. The van der Waals surface area contributed by atoms with E-state index in [0.717, 1.165) is 26.1 Å². The molecule has 0 amide bonds. The first-order chi connectivity index (χ1) is 9.18. The molecule has 1 aromatic heterocycles. The number of fused-ring (bicyclic) bond motifs is 1. The van der Waals surface area contributed by atoms with Crippen LogP contribution in [0.1, 0.15) is 31.2 Å². The van der Waals surface area contributed by atoms with E-state index in [0.29, 0.717) is 6.04 Å². The van der Waals surface area contributed by atoms with E-state index in [-0.39, 0.29) is 5.60 Å². The van der Waals surface area contributed by atoms with Gasteiger partial charge in [0, 0.05) is 39.2 Å². The molecule has 0 saturated carbocycles. The number of nitrogens with one attached hydrogen (secondary N) is 2. The first kappa shape index (κ1) is 13.1. The van der Waals surface area contributed by atoms with Crippen molar-refractivity contribution in [1.82, 2.24) is 20.2 Å². The van der Waals surface area contributed by atoms with Gasteiger partial charge < -0.3 is 15.0 Å². The van der Waals surface area contributed by atoms with Crippen LogP contribution in [0.4, 0.5) is 0 Å². The van der Waals surface area contributed by atoms with Gasteiger partial charge in [-0.15, -0.1) is 0 Å². The molecule has 3 heterocycles. The summed E-state index contributed by atoms with van der Waals surface area (Å²) in [6.07, 6.45) is 5.23. The van der Waals surface area contributed by atoms with E-state index >= 15 is 0 Å². The zero-order chi connectivity index (χ0) is 13.3. The largest absolute Gasteiger partial charge is 0.377 e. The van der Waals surface area contributed by atoms with Gasteiger partial charge in [-0.25, -0.2) is 4.98 Å². The first-order valence-electron chi connectivity index (χ1n) is 7.20. The summed E-state index contributed by atoms with van der Waals surface area (Å²) in [6.45, 7) is 6.44. The van der Waals surface area contributed by atoms with E-state index in [4.69, 9.17) is 4.74 Å². The van der Waals surface area contributed by atoms with E-state index in [2.05, 4.69) is 27.1 Å². The van der Waals surface area contributed by atoms with Crippen LogP contribution < -0.4 is 5.32 Å². The third kappa shape index (κ3) is 2.83. The Morgan fingerprint density at radius 3 is 3.32 bits per heavy atom. The fourth-order valence-corrected chi connectivity index (χ4v) is 3.30. The maximum Gasteiger partial charge on any atom is 0.0925 e. The second kappa shape index (κ2) is 5.23. The lowest BCUT2D eigenvalue weighted by Gasteiger charge is -2.41. The van der Waals surface area contributed by atoms with Crippen molar-refractivity contribution in [3.63, 3.8) is 0 Å². The molecule has 0 radical (unpaired) electrons. The molecule has 2 aliphatic heterocycles. The molecule has 2 aliphatic rings. The summed E-state index contributed by atoms with van der Waals surface area (Å²) in [5, 5.41) is 3.60. The minimum Gasteiger partial charge on any atom is -0.377 e. The molecule has 0 aromatic carbocycles. The van der Waals surface area contributed by atoms with Crippen molar-refractivity contribution in [1.29, 1.82) is 0 Å². The van der Waals surface area contributed by atoms with E-state index in [1.165, 1.54) is 30.8 Å². The molecule has 2 unspecified atom stereocenters. The average molecular weight is 264 g/mol. The van der Waals surface area contributed by atoms with Crippen LogP contribution >= 0.6 is 0 Å². The van der Waals surface area contributed by atoms with Crippen LogP contribution in [0.25, 0.3) is 0 Å². The lowest BCUT2D eigenvalue weighted by molar-refractivity contribution is -0.0524. The molecule has 2 N–H and O–H groups in total. The van der Waals surface area contributed by atoms with Gasteiger partial charge in [-0.2, -0.15) is 0 Å². The van der Waals surface area contributed by atoms with Gasteiger partial charge in [0.2, 0.25) is 0 Å². The Bertz CT molecular complexity index is 433. The minimum absolute atomic E-state index is 0.0322. The highest BCUT2D eigenvalue weighted by molar-refractivity contribution is 5.16. The fourth-order valence-electron chi connectivity index (χ4n) is 3.30. The Hall–Kier alpha value is -0.910. The van der Waals surface area contributed by atoms with Crippen molar-refractivity contribution in [2.75, 3.05) is 26.7 Å². The van der Waals surface area contributed by atoms with Crippen LogP contribution in [-0.2, 0) is 17.7 Å². The summed E-state index contributed by atoms with van der Waals surface area (Å²) in [4.78, 5) is 10.1. The highest BCUT2D eigenvalue weighted by Gasteiger charge is 2.32. The van der Waals surface area contributed by atoms with Crippen LogP contribution in [0.3, 0.4) is 0 Å². The summed E-state index contributed by atoms with van der Waals surface area (Å²) in [5.41, 5.74) is 2.51. The van der Waals surface area contributed by atoms with Crippen molar-refractivity contribution < 1.29 is 4.74 Å². The molecule has 5 nitrogen and oxygen atoms in total. The minimum atomic E-state index is 0.0322.